The molecule has 132 valence electrons. The molecule has 0 radical (unpaired) electrons. The minimum atomic E-state index is 0. The van der Waals surface area contributed by atoms with Crippen molar-refractivity contribution in [3.63, 3.8) is 0 Å². The summed E-state index contributed by atoms with van der Waals surface area (Å²) in [5, 5.41) is 6.42. The second-order valence-corrected chi connectivity index (χ2v) is 4.64. The van der Waals surface area contributed by atoms with Gasteiger partial charge in [0.1, 0.15) is 5.75 Å². The van der Waals surface area contributed by atoms with Crippen molar-refractivity contribution in [3.05, 3.63) is 29.8 Å². The molecule has 0 aromatic heterocycles. The Morgan fingerprint density at radius 3 is 2.52 bits per heavy atom. The van der Waals surface area contributed by atoms with Crippen LogP contribution >= 0.6 is 24.0 Å². The van der Waals surface area contributed by atoms with Crippen LogP contribution in [0.4, 0.5) is 0 Å². The Morgan fingerprint density at radius 1 is 1.09 bits per heavy atom. The number of halogens is 1. The van der Waals surface area contributed by atoms with Gasteiger partial charge in [-0.3, -0.25) is 4.99 Å². The molecule has 0 bridgehead atoms. The van der Waals surface area contributed by atoms with E-state index in [2.05, 4.69) is 15.6 Å². The van der Waals surface area contributed by atoms with Crippen LogP contribution in [0.2, 0.25) is 0 Å². The number of nitrogens with one attached hydrogen (secondary N) is 2. The van der Waals surface area contributed by atoms with Gasteiger partial charge in [0.05, 0.1) is 20.3 Å². The molecule has 0 unspecified atom stereocenters. The van der Waals surface area contributed by atoms with Gasteiger partial charge in [-0.25, -0.2) is 0 Å². The summed E-state index contributed by atoms with van der Waals surface area (Å²) in [5.74, 6) is 1.63. The van der Waals surface area contributed by atoms with Gasteiger partial charge in [-0.1, -0.05) is 18.2 Å². The van der Waals surface area contributed by atoms with Gasteiger partial charge in [0, 0.05) is 39.4 Å². The summed E-state index contributed by atoms with van der Waals surface area (Å²) >= 11 is 0. The zero-order valence-electron chi connectivity index (χ0n) is 14.1. The van der Waals surface area contributed by atoms with Crippen molar-refractivity contribution >= 4 is 29.9 Å². The van der Waals surface area contributed by atoms with Crippen molar-refractivity contribution < 1.29 is 14.2 Å². The van der Waals surface area contributed by atoms with E-state index in [1.807, 2.05) is 24.3 Å². The molecule has 0 atom stereocenters. The minimum Gasteiger partial charge on any atom is -0.496 e. The molecule has 0 aliphatic rings. The number of guanidine groups is 1. The number of methoxy groups -OCH3 is 2. The van der Waals surface area contributed by atoms with E-state index in [9.17, 15) is 0 Å². The van der Waals surface area contributed by atoms with Crippen LogP contribution in [0.25, 0.3) is 0 Å². The lowest BCUT2D eigenvalue weighted by molar-refractivity contribution is 0.123. The summed E-state index contributed by atoms with van der Waals surface area (Å²) in [6.07, 6.45) is 0.946. The molecular weight excluding hydrogens is 409 g/mol. The molecule has 0 saturated heterocycles. The first-order valence-electron chi connectivity index (χ1n) is 7.45. The Kier molecular flexibility index (Phi) is 13.9. The second-order valence-electron chi connectivity index (χ2n) is 4.64. The second kappa shape index (κ2) is 14.5. The van der Waals surface area contributed by atoms with Crippen molar-refractivity contribution in [2.75, 3.05) is 47.6 Å². The Labute approximate surface area is 156 Å². The van der Waals surface area contributed by atoms with E-state index in [0.29, 0.717) is 19.8 Å². The van der Waals surface area contributed by atoms with Crippen LogP contribution in [0.15, 0.2) is 29.3 Å². The van der Waals surface area contributed by atoms with Gasteiger partial charge in [-0.05, 0) is 12.5 Å². The molecule has 1 rings (SSSR count). The van der Waals surface area contributed by atoms with Gasteiger partial charge in [-0.15, -0.1) is 24.0 Å². The lowest BCUT2D eigenvalue weighted by atomic mass is 10.2. The van der Waals surface area contributed by atoms with E-state index in [0.717, 1.165) is 36.8 Å². The molecule has 0 amide bonds. The van der Waals surface area contributed by atoms with Gasteiger partial charge >= 0.3 is 0 Å². The molecule has 7 heteroatoms. The van der Waals surface area contributed by atoms with E-state index < -0.39 is 0 Å². The number of ether oxygens (including phenoxy) is 3. The first kappa shape index (κ1) is 21.9. The van der Waals surface area contributed by atoms with Crippen LogP contribution in [0.3, 0.4) is 0 Å². The molecule has 0 saturated carbocycles. The van der Waals surface area contributed by atoms with E-state index in [1.165, 1.54) is 0 Å². The molecule has 1 aromatic rings. The van der Waals surface area contributed by atoms with Crippen molar-refractivity contribution in [1.82, 2.24) is 10.6 Å². The van der Waals surface area contributed by atoms with Crippen LogP contribution in [0.5, 0.6) is 5.75 Å². The normalized spacial score (nSPS) is 10.8. The van der Waals surface area contributed by atoms with Gasteiger partial charge in [0.15, 0.2) is 5.96 Å². The molecule has 23 heavy (non-hydrogen) atoms. The fourth-order valence-corrected chi connectivity index (χ4v) is 1.89. The predicted molar refractivity (Wildman–Crippen MR) is 104 cm³/mol. The van der Waals surface area contributed by atoms with Gasteiger partial charge < -0.3 is 24.8 Å². The maximum atomic E-state index is 5.65. The number of aliphatic imine (C=N–C) groups is 1. The zero-order chi connectivity index (χ0) is 16.0. The third-order valence-corrected chi connectivity index (χ3v) is 3.03. The summed E-state index contributed by atoms with van der Waals surface area (Å²) < 4.78 is 15.9. The molecule has 0 spiro atoms. The monoisotopic (exact) mass is 437 g/mol. The molecule has 0 aliphatic carbocycles. The van der Waals surface area contributed by atoms with Crippen LogP contribution < -0.4 is 15.4 Å². The summed E-state index contributed by atoms with van der Waals surface area (Å²) in [6, 6.07) is 7.86. The number of para-hydroxylation sites is 1. The highest BCUT2D eigenvalue weighted by molar-refractivity contribution is 14.0. The van der Waals surface area contributed by atoms with Crippen molar-refractivity contribution in [2.45, 2.75) is 13.0 Å². The Bertz CT molecular complexity index is 444. The number of nitrogens with zero attached hydrogens (tertiary/aromatic N) is 1. The first-order valence-corrected chi connectivity index (χ1v) is 7.45. The third-order valence-electron chi connectivity index (χ3n) is 3.03. The number of benzene rings is 1. The molecule has 6 nitrogen and oxygen atoms in total. The Morgan fingerprint density at radius 2 is 1.83 bits per heavy atom. The van der Waals surface area contributed by atoms with Crippen molar-refractivity contribution in [3.8, 4) is 5.75 Å². The van der Waals surface area contributed by atoms with Gasteiger partial charge in [-0.2, -0.15) is 0 Å². The van der Waals surface area contributed by atoms with E-state index >= 15 is 0 Å². The van der Waals surface area contributed by atoms with Gasteiger partial charge in [0.2, 0.25) is 0 Å². The summed E-state index contributed by atoms with van der Waals surface area (Å²) in [6.45, 7) is 3.39. The predicted octanol–water partition coefficient (Wildman–Crippen LogP) is 2.03. The summed E-state index contributed by atoms with van der Waals surface area (Å²) in [5.41, 5.74) is 1.05. The molecule has 2 N–H and O–H groups in total. The Hall–Kier alpha value is -1.06. The smallest absolute Gasteiger partial charge is 0.191 e. The van der Waals surface area contributed by atoms with E-state index in [-0.39, 0.29) is 24.0 Å². The highest BCUT2D eigenvalue weighted by atomic mass is 127. The molecule has 1 aromatic carbocycles. The molecule has 0 heterocycles. The van der Waals surface area contributed by atoms with Crippen molar-refractivity contribution in [2.24, 2.45) is 4.99 Å². The Balaban J connectivity index is 0.00000484. The molecule has 0 aliphatic heterocycles. The largest absolute Gasteiger partial charge is 0.496 e. The standard InChI is InChI=1S/C16H27N3O3.HI/c1-17-16(18-9-6-11-20-2)19-10-12-22-13-14-7-4-5-8-15(14)21-3;/h4-5,7-8H,6,9-13H2,1-3H3,(H2,17,18,19);1H. The third kappa shape index (κ3) is 9.62. The number of hydrogen-bond donors (Lipinski definition) is 2. The highest BCUT2D eigenvalue weighted by Crippen LogP contribution is 2.17. The van der Waals surface area contributed by atoms with Crippen LogP contribution in [-0.2, 0) is 16.1 Å². The topological polar surface area (TPSA) is 64.1 Å². The van der Waals surface area contributed by atoms with E-state index in [4.69, 9.17) is 14.2 Å². The highest BCUT2D eigenvalue weighted by Gasteiger charge is 2.01. The zero-order valence-corrected chi connectivity index (χ0v) is 16.5. The fourth-order valence-electron chi connectivity index (χ4n) is 1.89. The lowest BCUT2D eigenvalue weighted by Gasteiger charge is -2.12. The van der Waals surface area contributed by atoms with Crippen molar-refractivity contribution in [1.29, 1.82) is 0 Å². The molecular formula is C16H28IN3O3. The lowest BCUT2D eigenvalue weighted by Crippen LogP contribution is -2.39. The van der Waals surface area contributed by atoms with Crippen LogP contribution in [0, 0.1) is 0 Å². The van der Waals surface area contributed by atoms with Crippen LogP contribution in [-0.4, -0.2) is 53.5 Å². The number of hydrogen-bond acceptors (Lipinski definition) is 4. The number of rotatable bonds is 10. The fraction of sp³-hybridized carbons (Fsp3) is 0.562. The minimum absolute atomic E-state index is 0. The summed E-state index contributed by atoms with van der Waals surface area (Å²) in [7, 11) is 5.12. The average molecular weight is 437 g/mol. The first-order chi connectivity index (χ1) is 10.8. The molecule has 0 fully saturated rings. The average Bonchev–Trinajstić information content (AvgIpc) is 2.56. The summed E-state index contributed by atoms with van der Waals surface area (Å²) in [4.78, 5) is 4.15. The van der Waals surface area contributed by atoms with E-state index in [1.54, 1.807) is 21.3 Å². The maximum absolute atomic E-state index is 5.65. The quantitative estimate of drug-likeness (QED) is 0.254. The maximum Gasteiger partial charge on any atom is 0.191 e. The van der Waals surface area contributed by atoms with Crippen LogP contribution in [0.1, 0.15) is 12.0 Å². The van der Waals surface area contributed by atoms with Gasteiger partial charge in [0.25, 0.3) is 0 Å². The SMILES string of the molecule is CN=C(NCCCOC)NCCOCc1ccccc1OC.I.